The van der Waals surface area contributed by atoms with Gasteiger partial charge in [-0.1, -0.05) is 23.2 Å². The number of halogens is 2. The normalized spacial score (nSPS) is 12.0. The fourth-order valence-electron chi connectivity index (χ4n) is 1.75. The highest BCUT2D eigenvalue weighted by molar-refractivity contribution is 7.91. The monoisotopic (exact) mass is 364 g/mol. The predicted octanol–water partition coefficient (Wildman–Crippen LogP) is 3.77. The van der Waals surface area contributed by atoms with Crippen molar-refractivity contribution >= 4 is 50.2 Å². The number of nitrogens with two attached hydrogens (primary N) is 1. The van der Waals surface area contributed by atoms with Crippen molar-refractivity contribution in [2.75, 3.05) is 12.8 Å². The molecular formula is C13H14Cl2N2O2S2. The number of thiophene rings is 1. The summed E-state index contributed by atoms with van der Waals surface area (Å²) >= 11 is 13.1. The van der Waals surface area contributed by atoms with E-state index in [1.807, 2.05) is 0 Å². The van der Waals surface area contributed by atoms with E-state index < -0.39 is 10.0 Å². The lowest BCUT2D eigenvalue weighted by molar-refractivity contribution is 0.468. The van der Waals surface area contributed by atoms with E-state index in [1.165, 1.54) is 11.4 Å². The van der Waals surface area contributed by atoms with Gasteiger partial charge in [0.05, 0.1) is 4.34 Å². The van der Waals surface area contributed by atoms with Crippen molar-refractivity contribution in [2.45, 2.75) is 17.7 Å². The Kier molecular flexibility index (Phi) is 4.85. The van der Waals surface area contributed by atoms with Crippen LogP contribution in [0.3, 0.4) is 0 Å². The molecule has 1 heterocycles. The minimum Gasteiger partial charge on any atom is -0.399 e. The number of hydrogen-bond donors (Lipinski definition) is 1. The van der Waals surface area contributed by atoms with Crippen LogP contribution in [-0.2, 0) is 16.6 Å². The van der Waals surface area contributed by atoms with E-state index in [1.54, 1.807) is 31.2 Å². The minimum absolute atomic E-state index is 0.140. The van der Waals surface area contributed by atoms with E-state index in [9.17, 15) is 8.42 Å². The quantitative estimate of drug-likeness (QED) is 0.839. The Morgan fingerprint density at radius 1 is 1.29 bits per heavy atom. The highest BCUT2D eigenvalue weighted by Crippen LogP contribution is 2.32. The van der Waals surface area contributed by atoms with E-state index in [4.69, 9.17) is 28.9 Å². The first-order valence-electron chi connectivity index (χ1n) is 5.98. The number of sulfonamides is 1. The van der Waals surface area contributed by atoms with Gasteiger partial charge in [-0.05, 0) is 42.3 Å². The lowest BCUT2D eigenvalue weighted by Crippen LogP contribution is -2.26. The third-order valence-electron chi connectivity index (χ3n) is 2.96. The van der Waals surface area contributed by atoms with Crippen molar-refractivity contribution in [2.24, 2.45) is 0 Å². The van der Waals surface area contributed by atoms with Gasteiger partial charge in [0.25, 0.3) is 10.0 Å². The second kappa shape index (κ2) is 6.14. The van der Waals surface area contributed by atoms with Gasteiger partial charge < -0.3 is 5.73 Å². The van der Waals surface area contributed by atoms with Crippen LogP contribution in [0, 0.1) is 6.92 Å². The zero-order valence-corrected chi connectivity index (χ0v) is 14.6. The van der Waals surface area contributed by atoms with E-state index in [2.05, 4.69) is 0 Å². The van der Waals surface area contributed by atoms with Gasteiger partial charge in [-0.15, -0.1) is 11.3 Å². The van der Waals surface area contributed by atoms with Crippen molar-refractivity contribution in [3.05, 3.63) is 44.8 Å². The van der Waals surface area contributed by atoms with Gasteiger partial charge in [0.15, 0.2) is 0 Å². The number of rotatable bonds is 4. The lowest BCUT2D eigenvalue weighted by atomic mass is 10.2. The molecule has 0 aliphatic rings. The van der Waals surface area contributed by atoms with Crippen LogP contribution in [-0.4, -0.2) is 19.8 Å². The van der Waals surface area contributed by atoms with Crippen molar-refractivity contribution in [1.29, 1.82) is 0 Å². The molecule has 2 rings (SSSR count). The Hall–Kier alpha value is -0.790. The van der Waals surface area contributed by atoms with Crippen LogP contribution < -0.4 is 5.73 Å². The molecule has 0 radical (unpaired) electrons. The summed E-state index contributed by atoms with van der Waals surface area (Å²) in [5, 5.41) is 0.478. The Balaban J connectivity index is 2.30. The van der Waals surface area contributed by atoms with E-state index >= 15 is 0 Å². The molecule has 21 heavy (non-hydrogen) atoms. The smallest absolute Gasteiger partial charge is 0.252 e. The summed E-state index contributed by atoms with van der Waals surface area (Å²) in [6, 6.07) is 6.56. The molecular weight excluding hydrogens is 351 g/mol. The molecule has 0 fully saturated rings. The molecule has 114 valence electrons. The van der Waals surface area contributed by atoms with Gasteiger partial charge in [-0.3, -0.25) is 0 Å². The fourth-order valence-corrected chi connectivity index (χ4v) is 5.00. The molecule has 4 nitrogen and oxygen atoms in total. The minimum atomic E-state index is -3.60. The van der Waals surface area contributed by atoms with Crippen LogP contribution in [0.5, 0.6) is 0 Å². The first-order chi connectivity index (χ1) is 9.71. The molecule has 0 atom stereocenters. The number of anilines is 1. The number of nitrogen functional groups attached to an aromatic ring is 1. The lowest BCUT2D eigenvalue weighted by Gasteiger charge is -2.17. The number of benzene rings is 1. The first-order valence-corrected chi connectivity index (χ1v) is 8.99. The van der Waals surface area contributed by atoms with Gasteiger partial charge in [0.2, 0.25) is 0 Å². The predicted molar refractivity (Wildman–Crippen MR) is 88.6 cm³/mol. The topological polar surface area (TPSA) is 63.4 Å². The Morgan fingerprint density at radius 3 is 2.52 bits per heavy atom. The maximum Gasteiger partial charge on any atom is 0.252 e. The third-order valence-corrected chi connectivity index (χ3v) is 7.14. The van der Waals surface area contributed by atoms with Crippen LogP contribution in [0.25, 0.3) is 0 Å². The zero-order chi connectivity index (χ0) is 15.8. The van der Waals surface area contributed by atoms with Gasteiger partial charge in [-0.25, -0.2) is 8.42 Å². The van der Waals surface area contributed by atoms with Crippen molar-refractivity contribution in [3.63, 3.8) is 0 Å². The Labute approximate surface area is 138 Å². The molecule has 0 spiro atoms. The molecule has 1 aromatic heterocycles. The van der Waals surface area contributed by atoms with Crippen LogP contribution in [0.15, 0.2) is 28.5 Å². The summed E-state index contributed by atoms with van der Waals surface area (Å²) in [7, 11) is -2.10. The molecule has 1 aromatic carbocycles. The molecule has 0 saturated carbocycles. The van der Waals surface area contributed by atoms with Crippen LogP contribution in [0.1, 0.15) is 11.1 Å². The average molecular weight is 365 g/mol. The molecule has 0 bridgehead atoms. The van der Waals surface area contributed by atoms with Crippen LogP contribution in [0.2, 0.25) is 9.36 Å². The maximum atomic E-state index is 12.5. The van der Waals surface area contributed by atoms with Gasteiger partial charge in [0.1, 0.15) is 4.21 Å². The molecule has 0 amide bonds. The summed E-state index contributed by atoms with van der Waals surface area (Å²) in [5.41, 5.74) is 7.64. The number of aryl methyl sites for hydroxylation is 1. The summed E-state index contributed by atoms with van der Waals surface area (Å²) in [6.07, 6.45) is 0. The maximum absolute atomic E-state index is 12.5. The van der Waals surface area contributed by atoms with Gasteiger partial charge >= 0.3 is 0 Å². The Morgan fingerprint density at radius 2 is 1.95 bits per heavy atom. The van der Waals surface area contributed by atoms with Gasteiger partial charge in [-0.2, -0.15) is 4.31 Å². The molecule has 2 aromatic rings. The van der Waals surface area contributed by atoms with Crippen molar-refractivity contribution in [1.82, 2.24) is 4.31 Å². The largest absolute Gasteiger partial charge is 0.399 e. The molecule has 0 saturated heterocycles. The molecule has 0 aliphatic heterocycles. The first kappa shape index (κ1) is 16.6. The van der Waals surface area contributed by atoms with Crippen molar-refractivity contribution < 1.29 is 8.42 Å². The summed E-state index contributed by atoms with van der Waals surface area (Å²) < 4.78 is 26.9. The molecule has 8 heteroatoms. The standard InChI is InChI=1S/C13H14Cl2N2O2S2/c1-8-5-12(20-13(8)15)21(18,19)17(2)7-9-6-10(16)3-4-11(9)14/h3-6H,7,16H2,1-2H3. The Bertz CT molecular complexity index is 753. The van der Waals surface area contributed by atoms with E-state index in [0.29, 0.717) is 20.6 Å². The zero-order valence-electron chi connectivity index (χ0n) is 11.4. The number of nitrogens with zero attached hydrogens (tertiary/aromatic N) is 1. The second-order valence-corrected chi connectivity index (χ2v) is 8.97. The highest BCUT2D eigenvalue weighted by Gasteiger charge is 2.24. The van der Waals surface area contributed by atoms with Crippen LogP contribution >= 0.6 is 34.5 Å². The highest BCUT2D eigenvalue weighted by atomic mass is 35.5. The third kappa shape index (κ3) is 3.52. The molecule has 0 unspecified atom stereocenters. The summed E-state index contributed by atoms with van der Waals surface area (Å²) in [4.78, 5) is 0. The molecule has 2 N–H and O–H groups in total. The van der Waals surface area contributed by atoms with Gasteiger partial charge in [0, 0.05) is 24.3 Å². The van der Waals surface area contributed by atoms with Crippen molar-refractivity contribution in [3.8, 4) is 0 Å². The van der Waals surface area contributed by atoms with E-state index in [-0.39, 0.29) is 10.8 Å². The average Bonchev–Trinajstić information content (AvgIpc) is 2.74. The fraction of sp³-hybridized carbons (Fsp3) is 0.231. The SMILES string of the molecule is Cc1cc(S(=O)(=O)N(C)Cc2cc(N)ccc2Cl)sc1Cl. The van der Waals surface area contributed by atoms with E-state index in [0.717, 1.165) is 16.9 Å². The molecule has 0 aliphatic carbocycles. The number of hydrogen-bond acceptors (Lipinski definition) is 4. The van der Waals surface area contributed by atoms with Crippen LogP contribution in [0.4, 0.5) is 5.69 Å². The second-order valence-electron chi connectivity index (χ2n) is 4.63. The summed E-state index contributed by atoms with van der Waals surface area (Å²) in [6.45, 7) is 1.91. The summed E-state index contributed by atoms with van der Waals surface area (Å²) in [5.74, 6) is 0.